The van der Waals surface area contributed by atoms with Crippen LogP contribution in [0.25, 0.3) is 0 Å². The van der Waals surface area contributed by atoms with Crippen LogP contribution in [-0.2, 0) is 4.74 Å². The molecule has 1 heterocycles. The van der Waals surface area contributed by atoms with Gasteiger partial charge in [0.25, 0.3) is 0 Å². The number of nitrogens with two attached hydrogens (primary N) is 1. The number of ether oxygens (including phenoxy) is 1. The fourth-order valence-electron chi connectivity index (χ4n) is 7.37. The Hall–Kier alpha value is -0.500. The summed E-state index contributed by atoms with van der Waals surface area (Å²) in [5.74, 6) is 0.972. The van der Waals surface area contributed by atoms with Crippen LogP contribution < -0.4 is 5.73 Å². The molecule has 3 unspecified atom stereocenters. The molecular formula is C19H31NO. The molecule has 3 atom stereocenters. The van der Waals surface area contributed by atoms with Crippen LogP contribution in [0.5, 0.6) is 0 Å². The summed E-state index contributed by atoms with van der Waals surface area (Å²) < 4.78 is 5.52. The lowest BCUT2D eigenvalue weighted by Gasteiger charge is -2.66. The number of hydrogen-bond acceptors (Lipinski definition) is 2. The summed E-state index contributed by atoms with van der Waals surface area (Å²) in [6.07, 6.45) is 14.2. The molecule has 0 saturated heterocycles. The minimum absolute atomic E-state index is 0.230. The van der Waals surface area contributed by atoms with E-state index in [-0.39, 0.29) is 6.04 Å². The third-order valence-electron chi connectivity index (χ3n) is 6.83. The molecule has 4 aliphatic carbocycles. The van der Waals surface area contributed by atoms with E-state index >= 15 is 0 Å². The first-order valence-corrected chi connectivity index (χ1v) is 8.96. The summed E-state index contributed by atoms with van der Waals surface area (Å²) >= 11 is 0. The molecule has 0 aromatic rings. The van der Waals surface area contributed by atoms with Crippen molar-refractivity contribution in [1.82, 2.24) is 0 Å². The van der Waals surface area contributed by atoms with Gasteiger partial charge in [0, 0.05) is 6.04 Å². The zero-order chi connectivity index (χ0) is 14.7. The van der Waals surface area contributed by atoms with Gasteiger partial charge in [-0.3, -0.25) is 0 Å². The summed E-state index contributed by atoms with van der Waals surface area (Å²) in [6, 6.07) is 0.230. The zero-order valence-electron chi connectivity index (χ0n) is 13.8. The summed E-state index contributed by atoms with van der Waals surface area (Å²) in [5, 5.41) is 0. The van der Waals surface area contributed by atoms with Gasteiger partial charge in [-0.2, -0.15) is 0 Å². The SMILES string of the molecule is CC12CC3CC(C)(C1)CC(CC(N)C1=COCCC1)(C3)C2. The van der Waals surface area contributed by atoms with Gasteiger partial charge in [-0.15, -0.1) is 0 Å². The lowest BCUT2D eigenvalue weighted by Crippen LogP contribution is -2.56. The maximum absolute atomic E-state index is 6.61. The van der Waals surface area contributed by atoms with Crippen molar-refractivity contribution in [3.8, 4) is 0 Å². The molecule has 5 aliphatic rings. The van der Waals surface area contributed by atoms with Gasteiger partial charge in [0.2, 0.25) is 0 Å². The van der Waals surface area contributed by atoms with Crippen molar-refractivity contribution in [2.45, 2.75) is 77.7 Å². The van der Waals surface area contributed by atoms with Crippen LogP contribution >= 0.6 is 0 Å². The van der Waals surface area contributed by atoms with Crippen LogP contribution in [0.4, 0.5) is 0 Å². The molecule has 2 heteroatoms. The third kappa shape index (κ3) is 2.44. The number of rotatable bonds is 3. The molecule has 0 spiro atoms. The second kappa shape index (κ2) is 4.50. The molecule has 2 N–H and O–H groups in total. The van der Waals surface area contributed by atoms with Crippen molar-refractivity contribution < 1.29 is 4.74 Å². The van der Waals surface area contributed by atoms with Crippen LogP contribution in [0.3, 0.4) is 0 Å². The highest BCUT2D eigenvalue weighted by atomic mass is 16.5. The first-order valence-electron chi connectivity index (χ1n) is 8.96. The smallest absolute Gasteiger partial charge is 0.0876 e. The first kappa shape index (κ1) is 14.1. The van der Waals surface area contributed by atoms with Crippen LogP contribution in [0, 0.1) is 22.2 Å². The lowest BCUT2D eigenvalue weighted by atomic mass is 9.39. The molecule has 0 aromatic heterocycles. The maximum Gasteiger partial charge on any atom is 0.0876 e. The van der Waals surface area contributed by atoms with E-state index in [9.17, 15) is 0 Å². The molecule has 0 aromatic carbocycles. The van der Waals surface area contributed by atoms with E-state index < -0.39 is 0 Å². The first-order chi connectivity index (χ1) is 9.90. The monoisotopic (exact) mass is 289 g/mol. The minimum atomic E-state index is 0.230. The third-order valence-corrected chi connectivity index (χ3v) is 6.83. The zero-order valence-corrected chi connectivity index (χ0v) is 13.8. The van der Waals surface area contributed by atoms with Gasteiger partial charge in [-0.05, 0) is 85.5 Å². The van der Waals surface area contributed by atoms with E-state index in [1.165, 1.54) is 50.5 Å². The van der Waals surface area contributed by atoms with E-state index in [4.69, 9.17) is 10.5 Å². The minimum Gasteiger partial charge on any atom is -0.501 e. The van der Waals surface area contributed by atoms with E-state index in [2.05, 4.69) is 13.8 Å². The van der Waals surface area contributed by atoms with Gasteiger partial charge in [0.15, 0.2) is 0 Å². The summed E-state index contributed by atoms with van der Waals surface area (Å²) in [5.41, 5.74) is 9.71. The molecule has 1 aliphatic heterocycles. The van der Waals surface area contributed by atoms with Crippen molar-refractivity contribution in [3.05, 3.63) is 11.8 Å². The van der Waals surface area contributed by atoms with Crippen LogP contribution in [-0.4, -0.2) is 12.6 Å². The van der Waals surface area contributed by atoms with Gasteiger partial charge in [0.1, 0.15) is 0 Å². The highest BCUT2D eigenvalue weighted by Crippen LogP contribution is 2.70. The maximum atomic E-state index is 6.61. The van der Waals surface area contributed by atoms with Crippen molar-refractivity contribution >= 4 is 0 Å². The Morgan fingerprint density at radius 2 is 1.90 bits per heavy atom. The molecular weight excluding hydrogens is 258 g/mol. The Morgan fingerprint density at radius 1 is 1.19 bits per heavy atom. The van der Waals surface area contributed by atoms with E-state index in [0.29, 0.717) is 16.2 Å². The second-order valence-corrected chi connectivity index (χ2v) is 9.61. The molecule has 118 valence electrons. The standard InChI is InChI=1S/C19H31NO/c1-17-6-14-7-18(2,11-17)13-19(8-14,12-17)9-16(20)15-4-3-5-21-10-15/h10,14,16H,3-9,11-13,20H2,1-2H3. The van der Waals surface area contributed by atoms with Crippen molar-refractivity contribution in [1.29, 1.82) is 0 Å². The molecule has 21 heavy (non-hydrogen) atoms. The van der Waals surface area contributed by atoms with Crippen molar-refractivity contribution in [2.75, 3.05) is 6.61 Å². The average Bonchev–Trinajstić information content (AvgIpc) is 2.34. The number of hydrogen-bond donors (Lipinski definition) is 1. The van der Waals surface area contributed by atoms with Crippen LogP contribution in [0.1, 0.15) is 71.6 Å². The molecule has 5 rings (SSSR count). The highest BCUT2D eigenvalue weighted by Gasteiger charge is 2.60. The van der Waals surface area contributed by atoms with Crippen molar-refractivity contribution in [3.63, 3.8) is 0 Å². The highest BCUT2D eigenvalue weighted by molar-refractivity contribution is 5.15. The Labute approximate surface area is 129 Å². The summed E-state index contributed by atoms with van der Waals surface area (Å²) in [4.78, 5) is 0. The predicted molar refractivity (Wildman–Crippen MR) is 85.7 cm³/mol. The fourth-order valence-corrected chi connectivity index (χ4v) is 7.37. The summed E-state index contributed by atoms with van der Waals surface area (Å²) in [7, 11) is 0. The largest absolute Gasteiger partial charge is 0.501 e. The molecule has 2 nitrogen and oxygen atoms in total. The van der Waals surface area contributed by atoms with Gasteiger partial charge >= 0.3 is 0 Å². The Balaban J connectivity index is 1.55. The van der Waals surface area contributed by atoms with Gasteiger partial charge in [-0.25, -0.2) is 0 Å². The Bertz CT molecular complexity index is 450. The Morgan fingerprint density at radius 3 is 2.48 bits per heavy atom. The van der Waals surface area contributed by atoms with Gasteiger partial charge in [-0.1, -0.05) is 13.8 Å². The lowest BCUT2D eigenvalue weighted by molar-refractivity contribution is -0.148. The normalized spacial score (nSPS) is 49.7. The molecule has 0 radical (unpaired) electrons. The molecule has 0 amide bonds. The topological polar surface area (TPSA) is 35.2 Å². The Kier molecular flexibility index (Phi) is 3.03. The van der Waals surface area contributed by atoms with E-state index in [0.717, 1.165) is 25.4 Å². The van der Waals surface area contributed by atoms with Crippen LogP contribution in [0.2, 0.25) is 0 Å². The van der Waals surface area contributed by atoms with Crippen molar-refractivity contribution in [2.24, 2.45) is 27.9 Å². The molecule has 4 saturated carbocycles. The average molecular weight is 289 g/mol. The summed E-state index contributed by atoms with van der Waals surface area (Å²) in [6.45, 7) is 5.98. The van der Waals surface area contributed by atoms with Crippen LogP contribution in [0.15, 0.2) is 11.8 Å². The predicted octanol–water partition coefficient (Wildman–Crippen LogP) is 4.39. The molecule has 4 fully saturated rings. The quantitative estimate of drug-likeness (QED) is 0.836. The van der Waals surface area contributed by atoms with Gasteiger partial charge in [0.05, 0.1) is 12.9 Å². The van der Waals surface area contributed by atoms with E-state index in [1.807, 2.05) is 6.26 Å². The second-order valence-electron chi connectivity index (χ2n) is 9.61. The van der Waals surface area contributed by atoms with E-state index in [1.54, 1.807) is 0 Å². The molecule has 4 bridgehead atoms. The fraction of sp³-hybridized carbons (Fsp3) is 0.895. The van der Waals surface area contributed by atoms with Gasteiger partial charge < -0.3 is 10.5 Å².